The summed E-state index contributed by atoms with van der Waals surface area (Å²) in [5.41, 5.74) is 3.01. The summed E-state index contributed by atoms with van der Waals surface area (Å²) in [5.74, 6) is 0.786. The largest absolute Gasteiger partial charge is 0.306 e. The van der Waals surface area contributed by atoms with Crippen LogP contribution in [-0.4, -0.2) is 37.2 Å². The zero-order chi connectivity index (χ0) is 10.6. The van der Waals surface area contributed by atoms with Gasteiger partial charge in [0.15, 0.2) is 0 Å². The summed E-state index contributed by atoms with van der Waals surface area (Å²) in [6.07, 6.45) is 2.58. The molecule has 1 rings (SSSR count). The van der Waals surface area contributed by atoms with Crippen LogP contribution in [-0.2, 0) is 4.84 Å². The van der Waals surface area contributed by atoms with E-state index < -0.39 is 0 Å². The summed E-state index contributed by atoms with van der Waals surface area (Å²) < 4.78 is 0. The zero-order valence-corrected chi connectivity index (χ0v) is 9.97. The first-order valence-electron chi connectivity index (χ1n) is 5.57. The second kappa shape index (κ2) is 5.10. The number of hydrogen-bond donors (Lipinski definition) is 1. The van der Waals surface area contributed by atoms with Gasteiger partial charge in [0.2, 0.25) is 0 Å². The van der Waals surface area contributed by atoms with Crippen LogP contribution in [0.2, 0.25) is 0 Å². The third kappa shape index (κ3) is 4.94. The van der Waals surface area contributed by atoms with Gasteiger partial charge in [0.25, 0.3) is 0 Å². The van der Waals surface area contributed by atoms with Crippen molar-refractivity contribution in [2.24, 2.45) is 5.92 Å². The van der Waals surface area contributed by atoms with Crippen molar-refractivity contribution < 1.29 is 4.84 Å². The standard InChI is InChI=1S/C11H24N2O/c1-11(2,3)14-12-9-10-5-7-13(4)8-6-10/h10,12H,5-9H2,1-4H3. The first-order chi connectivity index (χ1) is 6.47. The van der Waals surface area contributed by atoms with E-state index in [4.69, 9.17) is 4.84 Å². The highest BCUT2D eigenvalue weighted by atomic mass is 16.7. The van der Waals surface area contributed by atoms with Gasteiger partial charge in [0, 0.05) is 6.54 Å². The van der Waals surface area contributed by atoms with Crippen LogP contribution >= 0.6 is 0 Å². The normalized spacial score (nSPS) is 21.4. The number of rotatable bonds is 3. The quantitative estimate of drug-likeness (QED) is 0.701. The Morgan fingerprint density at radius 3 is 2.36 bits per heavy atom. The van der Waals surface area contributed by atoms with E-state index in [2.05, 4.69) is 38.2 Å². The van der Waals surface area contributed by atoms with Crippen LogP contribution in [0.3, 0.4) is 0 Å². The first-order valence-corrected chi connectivity index (χ1v) is 5.57. The summed E-state index contributed by atoms with van der Waals surface area (Å²) >= 11 is 0. The Kier molecular flexibility index (Phi) is 4.35. The predicted molar refractivity (Wildman–Crippen MR) is 59.1 cm³/mol. The first kappa shape index (κ1) is 12.0. The summed E-state index contributed by atoms with van der Waals surface area (Å²) in [6.45, 7) is 9.63. The molecule has 1 aliphatic heterocycles. The fourth-order valence-electron chi connectivity index (χ4n) is 1.64. The van der Waals surface area contributed by atoms with Crippen molar-refractivity contribution in [2.45, 2.75) is 39.2 Å². The number of nitrogens with one attached hydrogen (secondary N) is 1. The lowest BCUT2D eigenvalue weighted by atomic mass is 9.98. The fraction of sp³-hybridized carbons (Fsp3) is 1.00. The summed E-state index contributed by atoms with van der Waals surface area (Å²) in [7, 11) is 2.19. The van der Waals surface area contributed by atoms with Gasteiger partial charge in [-0.3, -0.25) is 4.84 Å². The molecule has 0 saturated carbocycles. The monoisotopic (exact) mass is 200 g/mol. The Hall–Kier alpha value is -0.120. The molecule has 1 aliphatic rings. The van der Waals surface area contributed by atoms with Crippen molar-refractivity contribution in [3.05, 3.63) is 0 Å². The van der Waals surface area contributed by atoms with Crippen molar-refractivity contribution in [1.82, 2.24) is 10.4 Å². The van der Waals surface area contributed by atoms with Gasteiger partial charge in [-0.15, -0.1) is 0 Å². The topological polar surface area (TPSA) is 24.5 Å². The van der Waals surface area contributed by atoms with E-state index in [1.807, 2.05) is 0 Å². The van der Waals surface area contributed by atoms with Gasteiger partial charge in [0.05, 0.1) is 5.60 Å². The third-order valence-electron chi connectivity index (χ3n) is 2.59. The molecule has 0 amide bonds. The van der Waals surface area contributed by atoms with Crippen LogP contribution in [0.4, 0.5) is 0 Å². The minimum Gasteiger partial charge on any atom is -0.306 e. The molecule has 0 bridgehead atoms. The highest BCUT2D eigenvalue weighted by Crippen LogP contribution is 2.15. The molecule has 0 unspecified atom stereocenters. The molecule has 1 heterocycles. The van der Waals surface area contributed by atoms with E-state index in [9.17, 15) is 0 Å². The maximum atomic E-state index is 5.50. The van der Waals surface area contributed by atoms with Crippen molar-refractivity contribution >= 4 is 0 Å². The lowest BCUT2D eigenvalue weighted by molar-refractivity contribution is -0.0789. The maximum Gasteiger partial charge on any atom is 0.0812 e. The summed E-state index contributed by atoms with van der Waals surface area (Å²) in [6, 6.07) is 0. The average molecular weight is 200 g/mol. The number of hydrogen-bond acceptors (Lipinski definition) is 3. The van der Waals surface area contributed by atoms with Crippen LogP contribution in [0.1, 0.15) is 33.6 Å². The van der Waals surface area contributed by atoms with Crippen LogP contribution in [0.5, 0.6) is 0 Å². The number of piperidine rings is 1. The van der Waals surface area contributed by atoms with E-state index in [1.54, 1.807) is 0 Å². The van der Waals surface area contributed by atoms with Crippen LogP contribution < -0.4 is 5.48 Å². The lowest BCUT2D eigenvalue weighted by Crippen LogP contribution is -2.37. The van der Waals surface area contributed by atoms with Crippen molar-refractivity contribution in [2.75, 3.05) is 26.7 Å². The molecular weight excluding hydrogens is 176 g/mol. The van der Waals surface area contributed by atoms with Gasteiger partial charge < -0.3 is 4.90 Å². The second-order valence-electron chi connectivity index (χ2n) is 5.31. The molecular formula is C11H24N2O. The van der Waals surface area contributed by atoms with Gasteiger partial charge in [-0.25, -0.2) is 5.48 Å². The molecule has 3 nitrogen and oxygen atoms in total. The van der Waals surface area contributed by atoms with Crippen molar-refractivity contribution in [3.63, 3.8) is 0 Å². The van der Waals surface area contributed by atoms with Crippen LogP contribution in [0, 0.1) is 5.92 Å². The van der Waals surface area contributed by atoms with Crippen LogP contribution in [0.15, 0.2) is 0 Å². The molecule has 0 radical (unpaired) electrons. The van der Waals surface area contributed by atoms with Crippen molar-refractivity contribution in [1.29, 1.82) is 0 Å². The molecule has 0 aliphatic carbocycles. The fourth-order valence-corrected chi connectivity index (χ4v) is 1.64. The second-order valence-corrected chi connectivity index (χ2v) is 5.31. The molecule has 14 heavy (non-hydrogen) atoms. The summed E-state index contributed by atoms with van der Waals surface area (Å²) in [4.78, 5) is 7.89. The lowest BCUT2D eigenvalue weighted by Gasteiger charge is -2.30. The molecule has 0 atom stereocenters. The van der Waals surface area contributed by atoms with E-state index in [0.717, 1.165) is 12.5 Å². The van der Waals surface area contributed by atoms with Gasteiger partial charge in [-0.2, -0.15) is 0 Å². The maximum absolute atomic E-state index is 5.50. The smallest absolute Gasteiger partial charge is 0.0812 e. The Morgan fingerprint density at radius 2 is 1.86 bits per heavy atom. The Bertz CT molecular complexity index is 157. The van der Waals surface area contributed by atoms with E-state index in [0.29, 0.717) is 0 Å². The average Bonchev–Trinajstić information content (AvgIpc) is 2.06. The number of hydroxylamine groups is 1. The van der Waals surface area contributed by atoms with Crippen LogP contribution in [0.25, 0.3) is 0 Å². The molecule has 1 N–H and O–H groups in total. The SMILES string of the molecule is CN1CCC(CNOC(C)(C)C)CC1. The Balaban J connectivity index is 2.08. The molecule has 0 spiro atoms. The summed E-state index contributed by atoms with van der Waals surface area (Å²) in [5, 5.41) is 0. The van der Waals surface area contributed by atoms with E-state index >= 15 is 0 Å². The Labute approximate surface area is 87.8 Å². The predicted octanol–water partition coefficient (Wildman–Crippen LogP) is 1.65. The van der Waals surface area contributed by atoms with Gasteiger partial charge >= 0.3 is 0 Å². The number of nitrogens with zero attached hydrogens (tertiary/aromatic N) is 1. The molecule has 0 aromatic heterocycles. The van der Waals surface area contributed by atoms with Crippen molar-refractivity contribution in [3.8, 4) is 0 Å². The molecule has 3 heteroatoms. The minimum absolute atomic E-state index is 0.0779. The van der Waals surface area contributed by atoms with Gasteiger partial charge in [-0.1, -0.05) is 0 Å². The molecule has 84 valence electrons. The van der Waals surface area contributed by atoms with Gasteiger partial charge in [0.1, 0.15) is 0 Å². The van der Waals surface area contributed by atoms with E-state index in [-0.39, 0.29) is 5.60 Å². The minimum atomic E-state index is -0.0779. The van der Waals surface area contributed by atoms with Gasteiger partial charge in [-0.05, 0) is 59.7 Å². The molecule has 0 aromatic carbocycles. The Morgan fingerprint density at radius 1 is 1.29 bits per heavy atom. The highest BCUT2D eigenvalue weighted by Gasteiger charge is 2.17. The molecule has 0 aromatic rings. The van der Waals surface area contributed by atoms with E-state index in [1.165, 1.54) is 25.9 Å². The highest BCUT2D eigenvalue weighted by molar-refractivity contribution is 4.70. The zero-order valence-electron chi connectivity index (χ0n) is 9.97. The number of likely N-dealkylation sites (tertiary alicyclic amines) is 1. The molecule has 1 fully saturated rings. The molecule has 1 saturated heterocycles. The third-order valence-corrected chi connectivity index (χ3v) is 2.59.